The summed E-state index contributed by atoms with van der Waals surface area (Å²) < 4.78 is 38.0. The number of halogens is 3. The molecule has 3 aromatic heterocycles. The molecular weight excluding hydrogens is 479 g/mol. The highest BCUT2D eigenvalue weighted by molar-refractivity contribution is 6.05. The first-order chi connectivity index (χ1) is 17.2. The van der Waals surface area contributed by atoms with E-state index < -0.39 is 30.6 Å². The van der Waals surface area contributed by atoms with Gasteiger partial charge in [-0.05, 0) is 37.6 Å². The summed E-state index contributed by atoms with van der Waals surface area (Å²) in [5, 5.41) is 15.4. The van der Waals surface area contributed by atoms with Crippen LogP contribution in [0.15, 0.2) is 36.7 Å². The molecule has 188 valence electrons. The Balaban J connectivity index is 1.39. The van der Waals surface area contributed by atoms with E-state index in [2.05, 4.69) is 40.9 Å². The predicted molar refractivity (Wildman–Crippen MR) is 124 cm³/mol. The van der Waals surface area contributed by atoms with Crippen molar-refractivity contribution in [2.45, 2.75) is 38.0 Å². The molecule has 11 nitrogen and oxygen atoms in total. The average molecular weight is 501 g/mol. The fraction of sp³-hybridized carbons (Fsp3) is 0.364. The van der Waals surface area contributed by atoms with E-state index in [1.165, 1.54) is 24.1 Å². The number of H-pyrrole nitrogens is 1. The number of alkyl halides is 3. The molecular formula is C22H22F3N9O2. The van der Waals surface area contributed by atoms with Crippen molar-refractivity contribution in [2.24, 2.45) is 0 Å². The van der Waals surface area contributed by atoms with E-state index in [1.54, 1.807) is 24.4 Å². The minimum absolute atomic E-state index is 0.0748. The second-order valence-electron chi connectivity index (χ2n) is 8.71. The van der Waals surface area contributed by atoms with Gasteiger partial charge in [0.2, 0.25) is 0 Å². The van der Waals surface area contributed by atoms with Crippen LogP contribution in [0.3, 0.4) is 0 Å². The van der Waals surface area contributed by atoms with Gasteiger partial charge in [-0.1, -0.05) is 0 Å². The van der Waals surface area contributed by atoms with E-state index in [-0.39, 0.29) is 23.4 Å². The molecule has 1 saturated heterocycles. The van der Waals surface area contributed by atoms with Crippen LogP contribution in [-0.4, -0.2) is 68.7 Å². The number of aromatic amines is 1. The molecule has 5 rings (SSSR count). The summed E-state index contributed by atoms with van der Waals surface area (Å²) in [6.45, 7) is 2.58. The summed E-state index contributed by atoms with van der Waals surface area (Å²) in [5.41, 5.74) is 1.88. The van der Waals surface area contributed by atoms with Crippen molar-refractivity contribution in [1.29, 1.82) is 0 Å². The first-order valence-corrected chi connectivity index (χ1v) is 11.2. The molecule has 0 aliphatic carbocycles. The summed E-state index contributed by atoms with van der Waals surface area (Å²) in [4.78, 5) is 38.2. The van der Waals surface area contributed by atoms with Crippen LogP contribution >= 0.6 is 0 Å². The Kier molecular flexibility index (Phi) is 5.94. The molecule has 0 aromatic carbocycles. The van der Waals surface area contributed by atoms with E-state index in [0.717, 1.165) is 0 Å². The number of fused-ring (bicyclic) bond motifs is 4. The molecule has 2 aliphatic heterocycles. The Morgan fingerprint density at radius 1 is 1.28 bits per heavy atom. The maximum absolute atomic E-state index is 13.4. The summed E-state index contributed by atoms with van der Waals surface area (Å²) in [6, 6.07) is 4.70. The Labute approximate surface area is 203 Å². The van der Waals surface area contributed by atoms with Gasteiger partial charge < -0.3 is 10.2 Å². The number of carbonyl (C=O) groups is 2. The predicted octanol–water partition coefficient (Wildman–Crippen LogP) is 2.96. The van der Waals surface area contributed by atoms with Gasteiger partial charge in [-0.2, -0.15) is 28.6 Å². The third kappa shape index (κ3) is 4.78. The summed E-state index contributed by atoms with van der Waals surface area (Å²) in [7, 11) is 0. The quantitative estimate of drug-likeness (QED) is 0.490. The van der Waals surface area contributed by atoms with Crippen molar-refractivity contribution in [3.05, 3.63) is 42.4 Å². The Hall–Kier alpha value is -4.23. The molecule has 14 heteroatoms. The first kappa shape index (κ1) is 23.5. The number of anilines is 3. The van der Waals surface area contributed by atoms with Crippen molar-refractivity contribution in [3.63, 3.8) is 0 Å². The van der Waals surface area contributed by atoms with Gasteiger partial charge in [0.1, 0.15) is 17.2 Å². The van der Waals surface area contributed by atoms with Crippen molar-refractivity contribution in [2.75, 3.05) is 28.2 Å². The first-order valence-electron chi connectivity index (χ1n) is 11.2. The van der Waals surface area contributed by atoms with Gasteiger partial charge >= 0.3 is 12.2 Å². The largest absolute Gasteiger partial charge is 0.391 e. The average Bonchev–Trinajstić information content (AvgIpc) is 3.49. The molecule has 3 aromatic rings. The minimum atomic E-state index is -4.41. The Bertz CT molecular complexity index is 1280. The van der Waals surface area contributed by atoms with Crippen LogP contribution in [0.25, 0.3) is 11.3 Å². The summed E-state index contributed by atoms with van der Waals surface area (Å²) in [6.07, 6.45) is -1.80. The minimum Gasteiger partial charge on any atom is -0.366 e. The lowest BCUT2D eigenvalue weighted by atomic mass is 10.1. The summed E-state index contributed by atoms with van der Waals surface area (Å²) >= 11 is 0. The zero-order valence-electron chi connectivity index (χ0n) is 19.1. The molecule has 0 unspecified atom stereocenters. The molecule has 0 radical (unpaired) electrons. The van der Waals surface area contributed by atoms with Crippen LogP contribution in [0.2, 0.25) is 0 Å². The number of carbonyl (C=O) groups excluding carboxylic acids is 2. The van der Waals surface area contributed by atoms with Crippen LogP contribution in [0.4, 0.5) is 35.3 Å². The lowest BCUT2D eigenvalue weighted by Gasteiger charge is -2.35. The monoisotopic (exact) mass is 501 g/mol. The SMILES string of the molecule is C[C@H](CC(F)(F)F)NC(=O)c1ccc2c(n1)N(C(=O)Nc1cc(-c3cn[nH]n3)ccn1)[C@H]1CCN2C1. The van der Waals surface area contributed by atoms with Crippen LogP contribution in [-0.2, 0) is 0 Å². The zero-order chi connectivity index (χ0) is 25.4. The molecule has 0 spiro atoms. The van der Waals surface area contributed by atoms with Gasteiger partial charge in [0, 0.05) is 30.9 Å². The third-order valence-corrected chi connectivity index (χ3v) is 6.02. The maximum atomic E-state index is 13.4. The van der Waals surface area contributed by atoms with E-state index in [1.807, 2.05) is 0 Å². The van der Waals surface area contributed by atoms with Crippen LogP contribution in [0.1, 0.15) is 30.3 Å². The molecule has 2 bridgehead atoms. The van der Waals surface area contributed by atoms with Crippen molar-refractivity contribution >= 4 is 29.3 Å². The maximum Gasteiger partial charge on any atom is 0.391 e. The molecule has 1 fully saturated rings. The van der Waals surface area contributed by atoms with Crippen molar-refractivity contribution < 1.29 is 22.8 Å². The number of urea groups is 1. The molecule has 3 amide bonds. The van der Waals surface area contributed by atoms with Crippen LogP contribution in [0.5, 0.6) is 0 Å². The highest BCUT2D eigenvalue weighted by Gasteiger charge is 2.41. The second-order valence-corrected chi connectivity index (χ2v) is 8.71. The van der Waals surface area contributed by atoms with Gasteiger partial charge in [-0.3, -0.25) is 15.0 Å². The normalized spacial score (nSPS) is 17.5. The number of rotatable bonds is 5. The lowest BCUT2D eigenvalue weighted by Crippen LogP contribution is -2.48. The molecule has 2 atom stereocenters. The standard InChI is InChI=1S/C22H22F3N9O2/c1-12(9-22(23,24)25)28-20(35)15-2-3-17-19(29-15)34(14-5-7-33(17)11-14)21(36)30-18-8-13(4-6-26-18)16-10-27-32-31-16/h2-4,6,8,10,12,14H,5,7,9,11H2,1H3,(H,28,35)(H,26,30,36)(H,27,31,32)/t12-,14+/m1/s1. The number of pyridine rings is 2. The van der Waals surface area contributed by atoms with Gasteiger partial charge in [0.05, 0.1) is 24.3 Å². The molecule has 36 heavy (non-hydrogen) atoms. The highest BCUT2D eigenvalue weighted by Crippen LogP contribution is 2.39. The second kappa shape index (κ2) is 9.09. The number of nitrogens with one attached hydrogen (secondary N) is 3. The van der Waals surface area contributed by atoms with Crippen molar-refractivity contribution in [3.8, 4) is 11.3 Å². The molecule has 3 N–H and O–H groups in total. The summed E-state index contributed by atoms with van der Waals surface area (Å²) in [5.74, 6) is -0.188. The highest BCUT2D eigenvalue weighted by atomic mass is 19.4. The van der Waals surface area contributed by atoms with E-state index in [0.29, 0.717) is 36.5 Å². The van der Waals surface area contributed by atoms with Gasteiger partial charge in [-0.25, -0.2) is 14.8 Å². The lowest BCUT2D eigenvalue weighted by molar-refractivity contribution is -0.138. The molecule has 2 aliphatic rings. The van der Waals surface area contributed by atoms with Crippen LogP contribution < -0.4 is 20.4 Å². The van der Waals surface area contributed by atoms with E-state index >= 15 is 0 Å². The smallest absolute Gasteiger partial charge is 0.366 e. The zero-order valence-corrected chi connectivity index (χ0v) is 19.1. The van der Waals surface area contributed by atoms with Gasteiger partial charge in [0.25, 0.3) is 5.91 Å². The number of aromatic nitrogens is 5. The molecule has 0 saturated carbocycles. The fourth-order valence-electron chi connectivity index (χ4n) is 4.46. The number of hydrogen-bond donors (Lipinski definition) is 3. The Morgan fingerprint density at radius 3 is 2.86 bits per heavy atom. The topological polar surface area (TPSA) is 132 Å². The van der Waals surface area contributed by atoms with Gasteiger partial charge in [-0.15, -0.1) is 0 Å². The number of amides is 3. The Morgan fingerprint density at radius 2 is 2.11 bits per heavy atom. The fourth-order valence-corrected chi connectivity index (χ4v) is 4.46. The molecule has 5 heterocycles. The van der Waals surface area contributed by atoms with Crippen molar-refractivity contribution in [1.82, 2.24) is 30.7 Å². The number of nitrogens with zero attached hydrogens (tertiary/aromatic N) is 6. The van der Waals surface area contributed by atoms with E-state index in [4.69, 9.17) is 0 Å². The third-order valence-electron chi connectivity index (χ3n) is 6.02. The number of hydrogen-bond acceptors (Lipinski definition) is 7. The van der Waals surface area contributed by atoms with Crippen LogP contribution in [0, 0.1) is 0 Å². The van der Waals surface area contributed by atoms with Gasteiger partial charge in [0.15, 0.2) is 5.82 Å². The van der Waals surface area contributed by atoms with E-state index in [9.17, 15) is 22.8 Å².